The number of hydrogen-bond donors (Lipinski definition) is 4. The van der Waals surface area contributed by atoms with Crippen LogP contribution in [0.15, 0.2) is 0 Å². The lowest BCUT2D eigenvalue weighted by Crippen LogP contribution is -2.47. The monoisotopic (exact) mass is 248 g/mol. The van der Waals surface area contributed by atoms with Crippen LogP contribution in [0.2, 0.25) is 0 Å². The largest absolute Gasteiger partial charge is 0.298 e. The van der Waals surface area contributed by atoms with Gasteiger partial charge in [0, 0.05) is 6.42 Å². The zero-order valence-corrected chi connectivity index (χ0v) is 10.8. The van der Waals surface area contributed by atoms with E-state index in [4.69, 9.17) is 5.21 Å². The molecule has 0 aliphatic carbocycles. The summed E-state index contributed by atoms with van der Waals surface area (Å²) in [5.41, 5.74) is 1.54. The third kappa shape index (κ3) is 6.09. The number of hydrogen-bond acceptors (Lipinski definition) is 5. The van der Waals surface area contributed by atoms with Gasteiger partial charge >= 0.3 is 0 Å². The van der Waals surface area contributed by atoms with Gasteiger partial charge in [0.15, 0.2) is 0 Å². The maximum absolute atomic E-state index is 11.3. The van der Waals surface area contributed by atoms with E-state index in [9.17, 15) is 9.59 Å². The van der Waals surface area contributed by atoms with E-state index in [0.717, 1.165) is 6.42 Å². The molecule has 0 aromatic heterocycles. The average Bonchev–Trinajstić information content (AvgIpc) is 2.23. The van der Waals surface area contributed by atoms with E-state index < -0.39 is 16.8 Å². The van der Waals surface area contributed by atoms with E-state index in [1.54, 1.807) is 0 Å². The van der Waals surface area contributed by atoms with Crippen molar-refractivity contribution in [1.29, 1.82) is 0 Å². The summed E-state index contributed by atoms with van der Waals surface area (Å²) < 4.78 is 0. The number of carbonyl (C=O) groups excluding carboxylic acids is 2. The molecule has 0 rings (SSSR count). The minimum Gasteiger partial charge on any atom is -0.298 e. The number of hydroxylamine groups is 1. The molecule has 0 heterocycles. The number of thiol groups is 1. The molecular formula is C10H20N2O3S. The summed E-state index contributed by atoms with van der Waals surface area (Å²) in [6.45, 7) is 5.30. The van der Waals surface area contributed by atoms with Gasteiger partial charge in [-0.15, -0.1) is 0 Å². The number of carbonyl (C=O) groups is 2. The smallest absolute Gasteiger partial charge is 0.243 e. The first-order valence-corrected chi connectivity index (χ1v) is 5.70. The number of rotatable bonds is 7. The summed E-state index contributed by atoms with van der Waals surface area (Å²) in [5, 5.41) is 11.4. The quantitative estimate of drug-likeness (QED) is 0.233. The third-order valence-corrected chi connectivity index (χ3v) is 2.89. The standard InChI is InChI=1S/C10H20N2O3S/c1-4-10(3,16)11-8(7(2)13)5-6-9(14)12-15/h8,11,15-16H,4-6H2,1-3H3,(H,12,14)/t8-,10?/m0/s1. The molecule has 1 amide bonds. The molecule has 5 nitrogen and oxygen atoms in total. The minimum atomic E-state index is -0.495. The van der Waals surface area contributed by atoms with Crippen LogP contribution in [0.3, 0.4) is 0 Å². The van der Waals surface area contributed by atoms with E-state index in [1.165, 1.54) is 12.4 Å². The van der Waals surface area contributed by atoms with Crippen molar-refractivity contribution < 1.29 is 14.8 Å². The first-order chi connectivity index (χ1) is 7.32. The summed E-state index contributed by atoms with van der Waals surface area (Å²) in [6.07, 6.45) is 1.20. The van der Waals surface area contributed by atoms with Gasteiger partial charge in [0.1, 0.15) is 5.78 Å². The zero-order chi connectivity index (χ0) is 12.8. The molecule has 0 fully saturated rings. The second-order valence-corrected chi connectivity index (χ2v) is 5.00. The zero-order valence-electron chi connectivity index (χ0n) is 9.91. The lowest BCUT2D eigenvalue weighted by atomic mass is 10.1. The SMILES string of the molecule is CCC(C)(S)N[C@@H](CCC(=O)NO)C(C)=O. The van der Waals surface area contributed by atoms with Crippen molar-refractivity contribution in [2.45, 2.75) is 50.9 Å². The molecule has 6 heteroatoms. The van der Waals surface area contributed by atoms with Gasteiger partial charge in [0.05, 0.1) is 10.9 Å². The van der Waals surface area contributed by atoms with Crippen LogP contribution in [0.4, 0.5) is 0 Å². The summed E-state index contributed by atoms with van der Waals surface area (Å²) in [4.78, 5) is 21.8. The average molecular weight is 248 g/mol. The summed E-state index contributed by atoms with van der Waals surface area (Å²) >= 11 is 4.37. The molecule has 0 saturated heterocycles. The number of ketones is 1. The molecule has 0 bridgehead atoms. The predicted molar refractivity (Wildman–Crippen MR) is 64.4 cm³/mol. The Morgan fingerprint density at radius 3 is 2.44 bits per heavy atom. The molecule has 1 unspecified atom stereocenters. The molecule has 16 heavy (non-hydrogen) atoms. The normalized spacial score (nSPS) is 16.3. The van der Waals surface area contributed by atoms with E-state index >= 15 is 0 Å². The van der Waals surface area contributed by atoms with Gasteiger partial charge in [0.25, 0.3) is 0 Å². The molecule has 2 atom stereocenters. The molecule has 0 saturated carbocycles. The van der Waals surface area contributed by atoms with Crippen molar-refractivity contribution in [3.8, 4) is 0 Å². The molecule has 0 radical (unpaired) electrons. The Bertz CT molecular complexity index is 256. The van der Waals surface area contributed by atoms with Gasteiger partial charge in [-0.05, 0) is 26.7 Å². The second kappa shape index (κ2) is 6.88. The van der Waals surface area contributed by atoms with Crippen LogP contribution >= 0.6 is 12.6 Å². The lowest BCUT2D eigenvalue weighted by molar-refractivity contribution is -0.129. The van der Waals surface area contributed by atoms with Crippen molar-refractivity contribution in [2.75, 3.05) is 0 Å². The number of nitrogens with one attached hydrogen (secondary N) is 2. The maximum atomic E-state index is 11.3. The van der Waals surface area contributed by atoms with Crippen molar-refractivity contribution in [3.63, 3.8) is 0 Å². The van der Waals surface area contributed by atoms with Gasteiger partial charge in [-0.3, -0.25) is 20.1 Å². The number of amides is 1. The van der Waals surface area contributed by atoms with Crippen molar-refractivity contribution >= 4 is 24.3 Å². The van der Waals surface area contributed by atoms with Gasteiger partial charge in [0.2, 0.25) is 5.91 Å². The van der Waals surface area contributed by atoms with Crippen LogP contribution in [-0.2, 0) is 9.59 Å². The third-order valence-electron chi connectivity index (χ3n) is 2.45. The fourth-order valence-corrected chi connectivity index (χ4v) is 1.34. The van der Waals surface area contributed by atoms with Gasteiger partial charge < -0.3 is 0 Å². The number of Topliss-reactive ketones (excluding diaryl/α,β-unsaturated/α-hetero) is 1. The van der Waals surface area contributed by atoms with E-state index in [-0.39, 0.29) is 12.2 Å². The fourth-order valence-electron chi connectivity index (χ4n) is 1.19. The van der Waals surface area contributed by atoms with E-state index in [0.29, 0.717) is 6.42 Å². The Labute approximate surface area is 101 Å². The second-order valence-electron chi connectivity index (χ2n) is 4.01. The molecule has 3 N–H and O–H groups in total. The fraction of sp³-hybridized carbons (Fsp3) is 0.800. The molecule has 0 spiro atoms. The molecule has 94 valence electrons. The Kier molecular flexibility index (Phi) is 6.62. The van der Waals surface area contributed by atoms with Crippen LogP contribution in [-0.4, -0.2) is 27.8 Å². The highest BCUT2D eigenvalue weighted by Crippen LogP contribution is 2.16. The van der Waals surface area contributed by atoms with Crippen LogP contribution in [0.5, 0.6) is 0 Å². The minimum absolute atomic E-state index is 0.0422. The van der Waals surface area contributed by atoms with E-state index in [1.807, 2.05) is 13.8 Å². The van der Waals surface area contributed by atoms with Crippen LogP contribution in [0.25, 0.3) is 0 Å². The molecule has 0 aliphatic heterocycles. The molecule has 0 aromatic rings. The van der Waals surface area contributed by atoms with Gasteiger partial charge in [-0.1, -0.05) is 6.92 Å². The Morgan fingerprint density at radius 1 is 1.50 bits per heavy atom. The Morgan fingerprint density at radius 2 is 2.06 bits per heavy atom. The maximum Gasteiger partial charge on any atom is 0.243 e. The van der Waals surface area contributed by atoms with E-state index in [2.05, 4.69) is 17.9 Å². The highest BCUT2D eigenvalue weighted by Gasteiger charge is 2.24. The van der Waals surface area contributed by atoms with Crippen LogP contribution in [0.1, 0.15) is 40.0 Å². The predicted octanol–water partition coefficient (Wildman–Crippen LogP) is 0.875. The Balaban J connectivity index is 4.29. The highest BCUT2D eigenvalue weighted by atomic mass is 32.1. The van der Waals surface area contributed by atoms with Crippen LogP contribution < -0.4 is 10.8 Å². The summed E-state index contributed by atoms with van der Waals surface area (Å²) in [6, 6.07) is -0.417. The van der Waals surface area contributed by atoms with Crippen molar-refractivity contribution in [3.05, 3.63) is 0 Å². The Hall–Kier alpha value is -0.590. The van der Waals surface area contributed by atoms with Crippen molar-refractivity contribution in [1.82, 2.24) is 10.8 Å². The molecule has 0 aromatic carbocycles. The van der Waals surface area contributed by atoms with Gasteiger partial charge in [-0.25, -0.2) is 5.48 Å². The van der Waals surface area contributed by atoms with Crippen molar-refractivity contribution in [2.24, 2.45) is 0 Å². The molecular weight excluding hydrogens is 228 g/mol. The highest BCUT2D eigenvalue weighted by molar-refractivity contribution is 7.81. The first-order valence-electron chi connectivity index (χ1n) is 5.26. The summed E-state index contributed by atoms with van der Waals surface area (Å²) in [7, 11) is 0. The molecule has 0 aliphatic rings. The van der Waals surface area contributed by atoms with Gasteiger partial charge in [-0.2, -0.15) is 12.6 Å². The first kappa shape index (κ1) is 15.4. The lowest BCUT2D eigenvalue weighted by Gasteiger charge is -2.28. The van der Waals surface area contributed by atoms with Crippen LogP contribution in [0, 0.1) is 0 Å². The summed E-state index contributed by atoms with van der Waals surface area (Å²) in [5.74, 6) is -0.537. The topological polar surface area (TPSA) is 78.4 Å².